The minimum Gasteiger partial charge on any atom is -0.330 e. The molecule has 0 amide bonds. The first-order valence-corrected chi connectivity index (χ1v) is 6.91. The Kier molecular flexibility index (Phi) is 2.90. The zero-order chi connectivity index (χ0) is 11.8. The molecular formula is C13H22N4. The van der Waals surface area contributed by atoms with E-state index in [1.807, 2.05) is 0 Å². The molecule has 0 bridgehead atoms. The fraction of sp³-hybridized carbons (Fsp3) is 0.846. The van der Waals surface area contributed by atoms with Gasteiger partial charge in [0.2, 0.25) is 0 Å². The minimum absolute atomic E-state index is 0.564. The van der Waals surface area contributed by atoms with E-state index in [-0.39, 0.29) is 0 Å². The summed E-state index contributed by atoms with van der Waals surface area (Å²) in [6.45, 7) is 4.20. The van der Waals surface area contributed by atoms with E-state index in [0.717, 1.165) is 25.4 Å². The highest BCUT2D eigenvalue weighted by atomic mass is 15.3. The van der Waals surface area contributed by atoms with Crippen LogP contribution in [-0.4, -0.2) is 21.3 Å². The maximum atomic E-state index is 5.87. The third kappa shape index (κ3) is 1.88. The lowest BCUT2D eigenvalue weighted by atomic mass is 9.94. The third-order valence-electron chi connectivity index (χ3n) is 4.53. The second kappa shape index (κ2) is 4.41. The van der Waals surface area contributed by atoms with Gasteiger partial charge in [0.1, 0.15) is 11.6 Å². The fourth-order valence-electron chi connectivity index (χ4n) is 3.44. The lowest BCUT2D eigenvalue weighted by molar-refractivity contribution is 0.383. The highest BCUT2D eigenvalue weighted by Crippen LogP contribution is 2.39. The van der Waals surface area contributed by atoms with Crippen molar-refractivity contribution in [2.24, 2.45) is 17.6 Å². The summed E-state index contributed by atoms with van der Waals surface area (Å²) in [7, 11) is 0. The Hall–Kier alpha value is -0.900. The van der Waals surface area contributed by atoms with Crippen LogP contribution in [-0.2, 0) is 13.0 Å². The predicted molar refractivity (Wildman–Crippen MR) is 66.6 cm³/mol. The molecule has 2 heterocycles. The minimum atomic E-state index is 0.564. The molecule has 0 spiro atoms. The number of hydrogen-bond acceptors (Lipinski definition) is 3. The molecule has 4 nitrogen and oxygen atoms in total. The largest absolute Gasteiger partial charge is 0.330 e. The monoisotopic (exact) mass is 234 g/mol. The highest BCUT2D eigenvalue weighted by Gasteiger charge is 2.33. The van der Waals surface area contributed by atoms with Gasteiger partial charge in [-0.2, -0.15) is 0 Å². The Labute approximate surface area is 103 Å². The van der Waals surface area contributed by atoms with E-state index in [9.17, 15) is 0 Å². The Morgan fingerprint density at radius 3 is 3.00 bits per heavy atom. The first-order valence-electron chi connectivity index (χ1n) is 6.91. The van der Waals surface area contributed by atoms with Crippen molar-refractivity contribution in [1.29, 1.82) is 0 Å². The molecule has 17 heavy (non-hydrogen) atoms. The summed E-state index contributed by atoms with van der Waals surface area (Å²) < 4.78 is 2.37. The first-order chi connectivity index (χ1) is 8.29. The average molecular weight is 234 g/mol. The van der Waals surface area contributed by atoms with E-state index in [1.165, 1.54) is 37.3 Å². The van der Waals surface area contributed by atoms with Gasteiger partial charge in [-0.3, -0.25) is 0 Å². The molecular weight excluding hydrogens is 212 g/mol. The van der Waals surface area contributed by atoms with Crippen LogP contribution in [0.3, 0.4) is 0 Å². The van der Waals surface area contributed by atoms with Crippen LogP contribution >= 0.6 is 0 Å². The SMILES string of the molecule is CC1CCn2c(nnc2C2CCCC2CN)C1. The first kappa shape index (κ1) is 11.2. The number of aromatic nitrogens is 3. The highest BCUT2D eigenvalue weighted by molar-refractivity contribution is 5.08. The molecule has 2 aliphatic rings. The molecule has 1 aliphatic carbocycles. The zero-order valence-corrected chi connectivity index (χ0v) is 10.6. The van der Waals surface area contributed by atoms with Crippen LogP contribution in [0.15, 0.2) is 0 Å². The van der Waals surface area contributed by atoms with Gasteiger partial charge >= 0.3 is 0 Å². The van der Waals surface area contributed by atoms with E-state index in [2.05, 4.69) is 21.7 Å². The van der Waals surface area contributed by atoms with Crippen LogP contribution in [0.2, 0.25) is 0 Å². The lowest BCUT2D eigenvalue weighted by Gasteiger charge is -2.23. The summed E-state index contributed by atoms with van der Waals surface area (Å²) in [5, 5.41) is 8.86. The number of nitrogens with two attached hydrogens (primary N) is 1. The van der Waals surface area contributed by atoms with Crippen molar-refractivity contribution >= 4 is 0 Å². The molecule has 1 aromatic heterocycles. The standard InChI is InChI=1S/C13H22N4/c1-9-5-6-17-12(7-9)15-16-13(17)11-4-2-3-10(11)8-14/h9-11H,2-8,14H2,1H3. The molecule has 0 saturated heterocycles. The summed E-state index contributed by atoms with van der Waals surface area (Å²) in [5.41, 5.74) is 5.87. The van der Waals surface area contributed by atoms with E-state index >= 15 is 0 Å². The quantitative estimate of drug-likeness (QED) is 0.847. The van der Waals surface area contributed by atoms with Gasteiger partial charge in [-0.25, -0.2) is 0 Å². The molecule has 94 valence electrons. The summed E-state index contributed by atoms with van der Waals surface area (Å²) in [6, 6.07) is 0. The molecule has 1 aliphatic heterocycles. The van der Waals surface area contributed by atoms with Gasteiger partial charge in [0.25, 0.3) is 0 Å². The van der Waals surface area contributed by atoms with E-state index < -0.39 is 0 Å². The summed E-state index contributed by atoms with van der Waals surface area (Å²) in [4.78, 5) is 0. The van der Waals surface area contributed by atoms with Crippen molar-refractivity contribution in [3.05, 3.63) is 11.6 Å². The average Bonchev–Trinajstić information content (AvgIpc) is 2.92. The molecule has 0 radical (unpaired) electrons. The Balaban J connectivity index is 1.89. The predicted octanol–water partition coefficient (Wildman–Crippen LogP) is 1.70. The van der Waals surface area contributed by atoms with Crippen LogP contribution in [0.25, 0.3) is 0 Å². The maximum absolute atomic E-state index is 5.87. The molecule has 1 fully saturated rings. The molecule has 2 N–H and O–H groups in total. The summed E-state index contributed by atoms with van der Waals surface area (Å²) >= 11 is 0. The normalized spacial score (nSPS) is 32.7. The topological polar surface area (TPSA) is 56.7 Å². The van der Waals surface area contributed by atoms with E-state index in [4.69, 9.17) is 5.73 Å². The van der Waals surface area contributed by atoms with Crippen LogP contribution in [0.4, 0.5) is 0 Å². The Morgan fingerprint density at radius 1 is 1.29 bits per heavy atom. The maximum Gasteiger partial charge on any atom is 0.136 e. The molecule has 0 aromatic carbocycles. The summed E-state index contributed by atoms with van der Waals surface area (Å²) in [5.74, 6) is 4.37. The van der Waals surface area contributed by atoms with Crippen molar-refractivity contribution < 1.29 is 0 Å². The van der Waals surface area contributed by atoms with E-state index in [1.54, 1.807) is 0 Å². The van der Waals surface area contributed by atoms with Crippen molar-refractivity contribution in [2.45, 2.75) is 51.5 Å². The number of hydrogen-bond donors (Lipinski definition) is 1. The van der Waals surface area contributed by atoms with Crippen LogP contribution in [0.1, 0.15) is 50.2 Å². The van der Waals surface area contributed by atoms with Crippen molar-refractivity contribution in [3.8, 4) is 0 Å². The van der Waals surface area contributed by atoms with Gasteiger partial charge in [0.05, 0.1) is 0 Å². The van der Waals surface area contributed by atoms with Gasteiger partial charge in [0.15, 0.2) is 0 Å². The Bertz CT molecular complexity index is 398. The van der Waals surface area contributed by atoms with Gasteiger partial charge in [-0.05, 0) is 37.6 Å². The molecule has 1 saturated carbocycles. The summed E-state index contributed by atoms with van der Waals surface area (Å²) in [6.07, 6.45) is 6.16. The second-order valence-electron chi connectivity index (χ2n) is 5.76. The van der Waals surface area contributed by atoms with E-state index in [0.29, 0.717) is 11.8 Å². The second-order valence-corrected chi connectivity index (χ2v) is 5.76. The van der Waals surface area contributed by atoms with Crippen molar-refractivity contribution in [2.75, 3.05) is 6.54 Å². The van der Waals surface area contributed by atoms with Gasteiger partial charge in [-0.15, -0.1) is 10.2 Å². The van der Waals surface area contributed by atoms with Crippen molar-refractivity contribution in [3.63, 3.8) is 0 Å². The van der Waals surface area contributed by atoms with Gasteiger partial charge in [-0.1, -0.05) is 13.3 Å². The van der Waals surface area contributed by atoms with Crippen molar-refractivity contribution in [1.82, 2.24) is 14.8 Å². The Morgan fingerprint density at radius 2 is 2.18 bits per heavy atom. The lowest BCUT2D eigenvalue weighted by Crippen LogP contribution is -2.23. The zero-order valence-electron chi connectivity index (χ0n) is 10.6. The molecule has 1 aromatic rings. The van der Waals surface area contributed by atoms with Crippen LogP contribution in [0, 0.1) is 11.8 Å². The number of rotatable bonds is 2. The molecule has 3 rings (SSSR count). The van der Waals surface area contributed by atoms with Gasteiger partial charge in [0, 0.05) is 18.9 Å². The van der Waals surface area contributed by atoms with Gasteiger partial charge < -0.3 is 10.3 Å². The number of nitrogens with zero attached hydrogens (tertiary/aromatic N) is 3. The van der Waals surface area contributed by atoms with Crippen LogP contribution in [0.5, 0.6) is 0 Å². The molecule has 4 heteroatoms. The molecule has 3 atom stereocenters. The van der Waals surface area contributed by atoms with Crippen LogP contribution < -0.4 is 5.73 Å². The third-order valence-corrected chi connectivity index (χ3v) is 4.53. The number of fused-ring (bicyclic) bond motifs is 1. The molecule has 3 unspecified atom stereocenters. The fourth-order valence-corrected chi connectivity index (χ4v) is 3.44. The smallest absolute Gasteiger partial charge is 0.136 e.